The van der Waals surface area contributed by atoms with E-state index in [1.165, 1.54) is 16.4 Å². The van der Waals surface area contributed by atoms with E-state index in [9.17, 15) is 8.42 Å². The average Bonchev–Trinajstić information content (AvgIpc) is 2.25. The van der Waals surface area contributed by atoms with Crippen LogP contribution in [0.4, 0.5) is 0 Å². The van der Waals surface area contributed by atoms with Gasteiger partial charge < -0.3 is 5.32 Å². The van der Waals surface area contributed by atoms with Gasteiger partial charge in [0, 0.05) is 30.2 Å². The van der Waals surface area contributed by atoms with Crippen LogP contribution in [-0.2, 0) is 10.0 Å². The summed E-state index contributed by atoms with van der Waals surface area (Å²) in [4.78, 5) is -0.0773. The predicted octanol–water partition coefficient (Wildman–Crippen LogP) is 3.44. The lowest BCUT2D eigenvalue weighted by atomic mass is 10.2. The molecule has 21 heavy (non-hydrogen) atoms. The number of rotatable bonds is 2. The Kier molecular flexibility index (Phi) is 6.63. The number of hydrogen-bond acceptors (Lipinski definition) is 3. The normalized spacial score (nSPS) is 23.7. The standard InChI is InChI=1S/C12H15Cl3N2O2S.ClH/c1-7-5-17(6-8(2)16-7)20(18,19)12-10(14)3-9(13)4-11(12)15;/h3-4,7-8,16H,5-6H2,1-2H3;1H. The van der Waals surface area contributed by atoms with Crippen LogP contribution in [-0.4, -0.2) is 37.9 Å². The van der Waals surface area contributed by atoms with Crippen LogP contribution in [0, 0.1) is 0 Å². The molecule has 2 atom stereocenters. The minimum atomic E-state index is -3.74. The lowest BCUT2D eigenvalue weighted by molar-refractivity contribution is 0.263. The van der Waals surface area contributed by atoms with Crippen LogP contribution in [0.25, 0.3) is 0 Å². The minimum absolute atomic E-state index is 0. The molecule has 9 heteroatoms. The molecule has 0 bridgehead atoms. The maximum absolute atomic E-state index is 12.7. The van der Waals surface area contributed by atoms with Crippen LogP contribution in [0.2, 0.25) is 15.1 Å². The highest BCUT2D eigenvalue weighted by Gasteiger charge is 2.34. The highest BCUT2D eigenvalue weighted by molar-refractivity contribution is 7.89. The highest BCUT2D eigenvalue weighted by atomic mass is 35.5. The van der Waals surface area contributed by atoms with Crippen molar-refractivity contribution < 1.29 is 8.42 Å². The number of nitrogens with zero attached hydrogens (tertiary/aromatic N) is 1. The summed E-state index contributed by atoms with van der Waals surface area (Å²) < 4.78 is 26.8. The molecule has 0 spiro atoms. The summed E-state index contributed by atoms with van der Waals surface area (Å²) in [6.07, 6.45) is 0. The van der Waals surface area contributed by atoms with Crippen molar-refractivity contribution in [1.82, 2.24) is 9.62 Å². The van der Waals surface area contributed by atoms with Crippen LogP contribution in [0.15, 0.2) is 17.0 Å². The van der Waals surface area contributed by atoms with Gasteiger partial charge in [0.25, 0.3) is 0 Å². The zero-order valence-electron chi connectivity index (χ0n) is 11.4. The number of sulfonamides is 1. The van der Waals surface area contributed by atoms with Gasteiger partial charge in [-0.15, -0.1) is 12.4 Å². The lowest BCUT2D eigenvalue weighted by Crippen LogP contribution is -2.55. The van der Waals surface area contributed by atoms with Crippen molar-refractivity contribution in [2.45, 2.75) is 30.8 Å². The van der Waals surface area contributed by atoms with Crippen molar-refractivity contribution in [3.63, 3.8) is 0 Å². The Morgan fingerprint density at radius 3 is 1.95 bits per heavy atom. The Labute approximate surface area is 146 Å². The monoisotopic (exact) mass is 392 g/mol. The van der Waals surface area contributed by atoms with Gasteiger partial charge in [-0.25, -0.2) is 8.42 Å². The number of hydrogen-bond donors (Lipinski definition) is 1. The average molecular weight is 394 g/mol. The molecular weight excluding hydrogens is 378 g/mol. The van der Waals surface area contributed by atoms with E-state index in [4.69, 9.17) is 34.8 Å². The molecule has 1 fully saturated rings. The Morgan fingerprint density at radius 1 is 1.10 bits per heavy atom. The Morgan fingerprint density at radius 2 is 1.52 bits per heavy atom. The second-order valence-electron chi connectivity index (χ2n) is 4.99. The molecule has 0 saturated carbocycles. The van der Waals surface area contributed by atoms with Gasteiger partial charge in [0.05, 0.1) is 10.0 Å². The van der Waals surface area contributed by atoms with E-state index < -0.39 is 10.0 Å². The first-order chi connectivity index (χ1) is 9.21. The van der Waals surface area contributed by atoms with E-state index in [0.717, 1.165) is 0 Å². The molecule has 2 unspecified atom stereocenters. The molecule has 4 nitrogen and oxygen atoms in total. The topological polar surface area (TPSA) is 49.4 Å². The summed E-state index contributed by atoms with van der Waals surface area (Å²) in [5.41, 5.74) is 0. The molecular formula is C12H16Cl4N2O2S. The van der Waals surface area contributed by atoms with Gasteiger partial charge in [0.15, 0.2) is 0 Å². The van der Waals surface area contributed by atoms with Crippen LogP contribution < -0.4 is 5.32 Å². The molecule has 0 aromatic heterocycles. The Bertz CT molecular complexity index is 591. The number of piperazine rings is 1. The number of benzene rings is 1. The fourth-order valence-electron chi connectivity index (χ4n) is 2.38. The van der Waals surface area contributed by atoms with Crippen molar-refractivity contribution in [2.24, 2.45) is 0 Å². The summed E-state index contributed by atoms with van der Waals surface area (Å²) in [6.45, 7) is 4.62. The molecule has 1 aromatic carbocycles. The lowest BCUT2D eigenvalue weighted by Gasteiger charge is -2.35. The van der Waals surface area contributed by atoms with E-state index in [1.807, 2.05) is 13.8 Å². The molecule has 2 rings (SSSR count). The first kappa shape index (κ1) is 19.3. The summed E-state index contributed by atoms with van der Waals surface area (Å²) in [5.74, 6) is 0. The Balaban J connectivity index is 0.00000220. The maximum Gasteiger partial charge on any atom is 0.246 e. The van der Waals surface area contributed by atoms with E-state index >= 15 is 0 Å². The molecule has 1 N–H and O–H groups in total. The molecule has 1 saturated heterocycles. The first-order valence-corrected chi connectivity index (χ1v) is 8.70. The second-order valence-corrected chi connectivity index (χ2v) is 8.11. The van der Waals surface area contributed by atoms with Crippen molar-refractivity contribution in [2.75, 3.05) is 13.1 Å². The molecule has 1 aliphatic rings. The van der Waals surface area contributed by atoms with Crippen molar-refractivity contribution in [1.29, 1.82) is 0 Å². The molecule has 0 amide bonds. The molecule has 1 aromatic rings. The first-order valence-electron chi connectivity index (χ1n) is 6.12. The number of halogens is 4. The highest BCUT2D eigenvalue weighted by Crippen LogP contribution is 2.35. The molecule has 1 heterocycles. The van der Waals surface area contributed by atoms with E-state index in [-0.39, 0.29) is 39.4 Å². The third-order valence-electron chi connectivity index (χ3n) is 3.08. The summed E-state index contributed by atoms with van der Waals surface area (Å²) in [7, 11) is -3.74. The van der Waals surface area contributed by atoms with Crippen LogP contribution in [0.3, 0.4) is 0 Å². The van der Waals surface area contributed by atoms with Gasteiger partial charge in [-0.3, -0.25) is 0 Å². The van der Waals surface area contributed by atoms with Crippen molar-refractivity contribution >= 4 is 57.2 Å². The van der Waals surface area contributed by atoms with Gasteiger partial charge in [0.2, 0.25) is 10.0 Å². The predicted molar refractivity (Wildman–Crippen MR) is 89.5 cm³/mol. The smallest absolute Gasteiger partial charge is 0.246 e. The van der Waals surface area contributed by atoms with E-state index in [1.54, 1.807) is 0 Å². The molecule has 0 radical (unpaired) electrons. The van der Waals surface area contributed by atoms with Gasteiger partial charge in [-0.1, -0.05) is 34.8 Å². The molecule has 1 aliphatic heterocycles. The van der Waals surface area contributed by atoms with E-state index in [0.29, 0.717) is 18.1 Å². The second kappa shape index (κ2) is 7.21. The van der Waals surface area contributed by atoms with Crippen LogP contribution >= 0.6 is 47.2 Å². The summed E-state index contributed by atoms with van der Waals surface area (Å²) >= 11 is 17.9. The summed E-state index contributed by atoms with van der Waals surface area (Å²) in [6, 6.07) is 2.91. The Hall–Kier alpha value is 0.250. The molecule has 0 aliphatic carbocycles. The molecule has 120 valence electrons. The van der Waals surface area contributed by atoms with Gasteiger partial charge in [-0.05, 0) is 26.0 Å². The number of nitrogens with one attached hydrogen (secondary N) is 1. The summed E-state index contributed by atoms with van der Waals surface area (Å²) in [5, 5.41) is 3.67. The fraction of sp³-hybridized carbons (Fsp3) is 0.500. The van der Waals surface area contributed by atoms with Gasteiger partial charge >= 0.3 is 0 Å². The largest absolute Gasteiger partial charge is 0.309 e. The van der Waals surface area contributed by atoms with Crippen LogP contribution in [0.1, 0.15) is 13.8 Å². The third kappa shape index (κ3) is 4.16. The SMILES string of the molecule is CC1CN(S(=O)(=O)c2c(Cl)cc(Cl)cc2Cl)CC(C)N1.Cl. The fourth-order valence-corrected chi connectivity index (χ4v) is 5.49. The van der Waals surface area contributed by atoms with Gasteiger partial charge in [0.1, 0.15) is 4.90 Å². The van der Waals surface area contributed by atoms with E-state index in [2.05, 4.69) is 5.32 Å². The zero-order valence-corrected chi connectivity index (χ0v) is 15.3. The quantitative estimate of drug-likeness (QED) is 0.837. The van der Waals surface area contributed by atoms with Crippen molar-refractivity contribution in [3.8, 4) is 0 Å². The third-order valence-corrected chi connectivity index (χ3v) is 6.06. The van der Waals surface area contributed by atoms with Crippen LogP contribution in [0.5, 0.6) is 0 Å². The van der Waals surface area contributed by atoms with Crippen molar-refractivity contribution in [3.05, 3.63) is 27.2 Å². The zero-order chi connectivity index (χ0) is 15.1. The maximum atomic E-state index is 12.7. The minimum Gasteiger partial charge on any atom is -0.309 e. The van der Waals surface area contributed by atoms with Gasteiger partial charge in [-0.2, -0.15) is 4.31 Å².